The van der Waals surface area contributed by atoms with Crippen LogP contribution in [0.15, 0.2) is 12.1 Å². The Balaban J connectivity index is 1.70. The first kappa shape index (κ1) is 13.8. The minimum atomic E-state index is -0.558. The van der Waals surface area contributed by atoms with E-state index >= 15 is 0 Å². The maximum absolute atomic E-state index is 11.0. The van der Waals surface area contributed by atoms with E-state index in [0.717, 1.165) is 45.8 Å². The lowest BCUT2D eigenvalue weighted by Gasteiger charge is -2.26. The van der Waals surface area contributed by atoms with Crippen molar-refractivity contribution in [2.24, 2.45) is 5.73 Å². The molecule has 0 aliphatic carbocycles. The van der Waals surface area contributed by atoms with Crippen molar-refractivity contribution in [3.8, 4) is 0 Å². The molecule has 1 fully saturated rings. The lowest BCUT2D eigenvalue weighted by atomic mass is 10.3. The van der Waals surface area contributed by atoms with Crippen molar-refractivity contribution >= 4 is 11.7 Å². The van der Waals surface area contributed by atoms with Crippen LogP contribution in [-0.4, -0.2) is 55.2 Å². The number of amides is 1. The Hall–Kier alpha value is -1.66. The minimum Gasteiger partial charge on any atom is -0.379 e. The molecule has 0 spiro atoms. The largest absolute Gasteiger partial charge is 0.379 e. The van der Waals surface area contributed by atoms with Crippen molar-refractivity contribution in [1.29, 1.82) is 0 Å². The monoisotopic (exact) mass is 263 g/mol. The molecule has 1 radical (unpaired) electrons. The van der Waals surface area contributed by atoms with Crippen LogP contribution in [0.25, 0.3) is 0 Å². The fourth-order valence-corrected chi connectivity index (χ4v) is 1.96. The van der Waals surface area contributed by atoms with E-state index in [2.05, 4.69) is 21.3 Å². The summed E-state index contributed by atoms with van der Waals surface area (Å²) in [7, 11) is 0. The molecule has 103 valence electrons. The molecule has 1 aliphatic rings. The molecule has 1 saturated heterocycles. The van der Waals surface area contributed by atoms with E-state index in [4.69, 9.17) is 10.5 Å². The van der Waals surface area contributed by atoms with Gasteiger partial charge in [-0.15, -0.1) is 0 Å². The summed E-state index contributed by atoms with van der Waals surface area (Å²) in [5.41, 5.74) is 5.32. The number of nitrogens with zero attached hydrogens (tertiary/aromatic N) is 2. The number of nitrogens with one attached hydrogen (secondary N) is 1. The number of anilines is 1. The van der Waals surface area contributed by atoms with Crippen molar-refractivity contribution in [2.75, 3.05) is 44.7 Å². The molecule has 19 heavy (non-hydrogen) atoms. The quantitative estimate of drug-likeness (QED) is 0.712. The first-order valence-electron chi connectivity index (χ1n) is 6.48. The van der Waals surface area contributed by atoms with Gasteiger partial charge < -0.3 is 15.8 Å². The average molecular weight is 263 g/mol. The van der Waals surface area contributed by atoms with E-state index in [1.54, 1.807) is 12.1 Å². The van der Waals surface area contributed by atoms with Crippen LogP contribution in [0.3, 0.4) is 0 Å². The Bertz CT molecular complexity index is 419. The predicted molar refractivity (Wildman–Crippen MR) is 72.0 cm³/mol. The molecule has 1 aliphatic heterocycles. The first-order chi connectivity index (χ1) is 9.25. The van der Waals surface area contributed by atoms with E-state index in [1.807, 2.05) is 0 Å². The van der Waals surface area contributed by atoms with Gasteiger partial charge in [-0.3, -0.25) is 9.69 Å². The van der Waals surface area contributed by atoms with Gasteiger partial charge in [-0.25, -0.2) is 4.98 Å². The topological polar surface area (TPSA) is 80.5 Å². The lowest BCUT2D eigenvalue weighted by Crippen LogP contribution is -2.37. The number of rotatable bonds is 6. The van der Waals surface area contributed by atoms with Crippen molar-refractivity contribution in [3.63, 3.8) is 0 Å². The van der Waals surface area contributed by atoms with E-state index in [-0.39, 0.29) is 5.69 Å². The summed E-state index contributed by atoms with van der Waals surface area (Å²) in [6.07, 6.45) is 1.02. The summed E-state index contributed by atoms with van der Waals surface area (Å²) in [4.78, 5) is 17.4. The zero-order valence-electron chi connectivity index (χ0n) is 10.9. The number of hydrogen-bond acceptors (Lipinski definition) is 5. The van der Waals surface area contributed by atoms with Crippen LogP contribution in [-0.2, 0) is 4.74 Å². The third kappa shape index (κ3) is 4.50. The second-order valence-electron chi connectivity index (χ2n) is 4.42. The number of pyridine rings is 1. The molecule has 2 heterocycles. The number of morpholine rings is 1. The van der Waals surface area contributed by atoms with Gasteiger partial charge in [-0.1, -0.05) is 0 Å². The molecule has 1 amide bonds. The molecule has 0 atom stereocenters. The molecule has 6 heteroatoms. The summed E-state index contributed by atoms with van der Waals surface area (Å²) in [5, 5.41) is 3.18. The van der Waals surface area contributed by atoms with Gasteiger partial charge in [0.2, 0.25) is 0 Å². The maximum Gasteiger partial charge on any atom is 0.268 e. The van der Waals surface area contributed by atoms with Crippen molar-refractivity contribution < 1.29 is 9.53 Å². The fourth-order valence-electron chi connectivity index (χ4n) is 1.96. The number of primary amides is 1. The summed E-state index contributed by atoms with van der Waals surface area (Å²) in [5.74, 6) is 0.103. The highest BCUT2D eigenvalue weighted by molar-refractivity contribution is 5.90. The number of ether oxygens (including phenoxy) is 1. The van der Waals surface area contributed by atoms with Crippen LogP contribution in [0.4, 0.5) is 5.82 Å². The molecule has 3 N–H and O–H groups in total. The zero-order valence-corrected chi connectivity index (χ0v) is 10.9. The highest BCUT2D eigenvalue weighted by Crippen LogP contribution is 2.04. The molecule has 0 saturated carbocycles. The van der Waals surface area contributed by atoms with Crippen LogP contribution < -0.4 is 11.1 Å². The SMILES string of the molecule is NC(=O)c1[c]ccc(NCCCN2CCOCC2)n1. The van der Waals surface area contributed by atoms with Crippen LogP contribution in [0.1, 0.15) is 16.9 Å². The summed E-state index contributed by atoms with van der Waals surface area (Å²) < 4.78 is 5.30. The average Bonchev–Trinajstić information content (AvgIpc) is 2.45. The standard InChI is InChI=1S/C13H19N4O2/c14-13(18)11-3-1-4-12(16-11)15-5-2-6-17-7-9-19-10-8-17/h1,4H,2,5-10H2,(H2,14,18)(H,15,16). The smallest absolute Gasteiger partial charge is 0.268 e. The number of aromatic nitrogens is 1. The molecule has 2 rings (SSSR count). The van der Waals surface area contributed by atoms with E-state index in [9.17, 15) is 4.79 Å². The van der Waals surface area contributed by atoms with Gasteiger partial charge in [-0.2, -0.15) is 0 Å². The third-order valence-electron chi connectivity index (χ3n) is 2.99. The second kappa shape index (κ2) is 7.06. The van der Waals surface area contributed by atoms with Gasteiger partial charge in [0.15, 0.2) is 0 Å². The van der Waals surface area contributed by atoms with Crippen molar-refractivity contribution in [1.82, 2.24) is 9.88 Å². The van der Waals surface area contributed by atoms with Crippen molar-refractivity contribution in [3.05, 3.63) is 23.9 Å². The van der Waals surface area contributed by atoms with Crippen molar-refractivity contribution in [2.45, 2.75) is 6.42 Å². The predicted octanol–water partition coefficient (Wildman–Crippen LogP) is 0.115. The molecule has 6 nitrogen and oxygen atoms in total. The maximum atomic E-state index is 11.0. The summed E-state index contributed by atoms with van der Waals surface area (Å²) in [6.45, 7) is 5.51. The molecular weight excluding hydrogens is 244 g/mol. The number of carbonyl (C=O) groups is 1. The number of hydrogen-bond donors (Lipinski definition) is 2. The third-order valence-corrected chi connectivity index (χ3v) is 2.99. The van der Waals surface area contributed by atoms with E-state index < -0.39 is 5.91 Å². The van der Waals surface area contributed by atoms with Gasteiger partial charge in [0.1, 0.15) is 11.5 Å². The highest BCUT2D eigenvalue weighted by atomic mass is 16.5. The fraction of sp³-hybridized carbons (Fsp3) is 0.538. The molecule has 0 aromatic carbocycles. The number of carbonyl (C=O) groups excluding carboxylic acids is 1. The molecule has 0 unspecified atom stereocenters. The Morgan fingerprint density at radius 2 is 2.32 bits per heavy atom. The minimum absolute atomic E-state index is 0.165. The lowest BCUT2D eigenvalue weighted by molar-refractivity contribution is 0.0378. The van der Waals surface area contributed by atoms with E-state index in [1.165, 1.54) is 0 Å². The van der Waals surface area contributed by atoms with Gasteiger partial charge >= 0.3 is 0 Å². The van der Waals surface area contributed by atoms with E-state index in [0.29, 0.717) is 5.82 Å². The van der Waals surface area contributed by atoms with Gasteiger partial charge in [-0.05, 0) is 25.1 Å². The molecule has 1 aromatic heterocycles. The first-order valence-corrected chi connectivity index (χ1v) is 6.48. The van der Waals surface area contributed by atoms with Crippen LogP contribution in [0.2, 0.25) is 0 Å². The van der Waals surface area contributed by atoms with Crippen LogP contribution in [0.5, 0.6) is 0 Å². The summed E-state index contributed by atoms with van der Waals surface area (Å²) in [6, 6.07) is 6.13. The van der Waals surface area contributed by atoms with Crippen LogP contribution in [0, 0.1) is 6.07 Å². The van der Waals surface area contributed by atoms with Crippen LogP contribution >= 0.6 is 0 Å². The molecular formula is C13H19N4O2. The second-order valence-corrected chi connectivity index (χ2v) is 4.42. The van der Waals surface area contributed by atoms with Gasteiger partial charge in [0, 0.05) is 25.7 Å². The van der Waals surface area contributed by atoms with Gasteiger partial charge in [0.05, 0.1) is 13.2 Å². The van der Waals surface area contributed by atoms with Gasteiger partial charge in [0.25, 0.3) is 5.91 Å². The number of nitrogens with two attached hydrogens (primary N) is 1. The Morgan fingerprint density at radius 1 is 1.53 bits per heavy atom. The molecule has 0 bridgehead atoms. The highest BCUT2D eigenvalue weighted by Gasteiger charge is 2.09. The Morgan fingerprint density at radius 3 is 3.05 bits per heavy atom. The Kier molecular flexibility index (Phi) is 5.11. The summed E-state index contributed by atoms with van der Waals surface area (Å²) >= 11 is 0. The normalized spacial score (nSPS) is 16.2. The Labute approximate surface area is 112 Å². The zero-order chi connectivity index (χ0) is 13.5. The molecule has 1 aromatic rings.